The highest BCUT2D eigenvalue weighted by Crippen LogP contribution is 2.43. The minimum Gasteiger partial charge on any atom is -0.478 e. The molecule has 3 aliphatic rings. The second-order valence-corrected chi connectivity index (χ2v) is 7.55. The first kappa shape index (κ1) is 18.2. The van der Waals surface area contributed by atoms with Gasteiger partial charge in [0.1, 0.15) is 6.10 Å². The summed E-state index contributed by atoms with van der Waals surface area (Å²) >= 11 is 0. The Morgan fingerprint density at radius 2 is 1.96 bits per heavy atom. The quantitative estimate of drug-likeness (QED) is 0.849. The lowest BCUT2D eigenvalue weighted by Crippen LogP contribution is -2.44. The summed E-state index contributed by atoms with van der Waals surface area (Å²) in [4.78, 5) is 11.9. The number of aliphatic carboxylic acids is 1. The van der Waals surface area contributed by atoms with E-state index >= 15 is 0 Å². The van der Waals surface area contributed by atoms with Crippen LogP contribution in [-0.2, 0) is 9.53 Å². The van der Waals surface area contributed by atoms with Crippen molar-refractivity contribution in [2.75, 3.05) is 19.8 Å². The summed E-state index contributed by atoms with van der Waals surface area (Å²) in [5, 5.41) is 24.4. The van der Waals surface area contributed by atoms with Gasteiger partial charge >= 0.3 is 5.97 Å². The molecule has 2 atom stereocenters. The number of hydrogen-bond donors (Lipinski definition) is 2. The van der Waals surface area contributed by atoms with Crippen molar-refractivity contribution in [3.63, 3.8) is 0 Å². The van der Waals surface area contributed by atoms with Crippen LogP contribution in [0.25, 0.3) is 5.70 Å². The number of hydrogen-bond acceptors (Lipinski definition) is 5. The van der Waals surface area contributed by atoms with Gasteiger partial charge in [-0.05, 0) is 44.2 Å². The Hall–Kier alpha value is -2.15. The van der Waals surface area contributed by atoms with Gasteiger partial charge in [-0.1, -0.05) is 24.3 Å². The van der Waals surface area contributed by atoms with Crippen LogP contribution < -0.4 is 0 Å². The highest BCUT2D eigenvalue weighted by molar-refractivity contribution is 5.90. The minimum atomic E-state index is -0.882. The molecule has 0 bridgehead atoms. The molecule has 144 valence electrons. The number of aliphatic hydroxyl groups excluding tert-OH is 1. The maximum Gasteiger partial charge on any atom is 0.335 e. The molecule has 0 amide bonds. The number of ether oxygens (including phenoxy) is 1. The van der Waals surface area contributed by atoms with Crippen LogP contribution in [0.1, 0.15) is 43.9 Å². The molecule has 0 radical (unpaired) electrons. The van der Waals surface area contributed by atoms with Crippen LogP contribution in [-0.4, -0.2) is 52.0 Å². The average Bonchev–Trinajstić information content (AvgIpc) is 3.10. The van der Waals surface area contributed by atoms with Gasteiger partial charge in [-0.15, -0.1) is 0 Å². The van der Waals surface area contributed by atoms with Crippen molar-refractivity contribution in [3.05, 3.63) is 52.7 Å². The van der Waals surface area contributed by atoms with Gasteiger partial charge < -0.3 is 14.9 Å². The second kappa shape index (κ2) is 7.11. The SMILES string of the molecule is CC1=C(C(=O)O)C(C)N(CC2CCOCC2)N1C1=CC(O)c2ccccc21. The summed E-state index contributed by atoms with van der Waals surface area (Å²) in [7, 11) is 0. The van der Waals surface area contributed by atoms with Crippen molar-refractivity contribution in [3.8, 4) is 0 Å². The first-order chi connectivity index (χ1) is 13.0. The van der Waals surface area contributed by atoms with E-state index in [4.69, 9.17) is 4.74 Å². The molecule has 1 aliphatic carbocycles. The largest absolute Gasteiger partial charge is 0.478 e. The van der Waals surface area contributed by atoms with Crippen LogP contribution in [0.2, 0.25) is 0 Å². The van der Waals surface area contributed by atoms with Gasteiger partial charge in [0.05, 0.1) is 17.3 Å². The molecule has 1 fully saturated rings. The number of allylic oxidation sites excluding steroid dienone is 1. The number of hydrazine groups is 1. The first-order valence-electron chi connectivity index (χ1n) is 9.56. The molecule has 27 heavy (non-hydrogen) atoms. The Morgan fingerprint density at radius 1 is 1.26 bits per heavy atom. The van der Waals surface area contributed by atoms with Gasteiger partial charge in [0.2, 0.25) is 0 Å². The van der Waals surface area contributed by atoms with Crippen LogP contribution in [0.4, 0.5) is 0 Å². The molecule has 2 heterocycles. The fourth-order valence-corrected chi connectivity index (χ4v) is 4.52. The maximum absolute atomic E-state index is 11.9. The fraction of sp³-hybridized carbons (Fsp3) is 0.476. The Morgan fingerprint density at radius 3 is 2.67 bits per heavy atom. The number of nitrogens with zero attached hydrogens (tertiary/aromatic N) is 2. The minimum absolute atomic E-state index is 0.226. The van der Waals surface area contributed by atoms with Crippen LogP contribution in [0, 0.1) is 5.92 Å². The average molecular weight is 370 g/mol. The van der Waals surface area contributed by atoms with E-state index in [1.165, 1.54) is 0 Å². The zero-order valence-electron chi connectivity index (χ0n) is 15.8. The van der Waals surface area contributed by atoms with Crippen LogP contribution in [0.3, 0.4) is 0 Å². The second-order valence-electron chi connectivity index (χ2n) is 7.55. The lowest BCUT2D eigenvalue weighted by atomic mass is 9.99. The van der Waals surface area contributed by atoms with Gasteiger partial charge in [0.15, 0.2) is 0 Å². The monoisotopic (exact) mass is 370 g/mol. The van der Waals surface area contributed by atoms with Crippen LogP contribution in [0.5, 0.6) is 0 Å². The van der Waals surface area contributed by atoms with E-state index in [-0.39, 0.29) is 6.04 Å². The van der Waals surface area contributed by atoms with Crippen molar-refractivity contribution in [2.24, 2.45) is 5.92 Å². The number of carbonyl (C=O) groups is 1. The first-order valence-corrected chi connectivity index (χ1v) is 9.56. The van der Waals surface area contributed by atoms with Gasteiger partial charge in [0.25, 0.3) is 0 Å². The van der Waals surface area contributed by atoms with Crippen molar-refractivity contribution in [1.29, 1.82) is 0 Å². The fourth-order valence-electron chi connectivity index (χ4n) is 4.52. The highest BCUT2D eigenvalue weighted by Gasteiger charge is 2.42. The Labute approximate surface area is 159 Å². The Balaban J connectivity index is 1.72. The van der Waals surface area contributed by atoms with Gasteiger partial charge in [-0.2, -0.15) is 0 Å². The summed E-state index contributed by atoms with van der Waals surface area (Å²) in [5.41, 5.74) is 3.83. The summed E-state index contributed by atoms with van der Waals surface area (Å²) < 4.78 is 5.48. The summed E-state index contributed by atoms with van der Waals surface area (Å²) in [5.74, 6) is -0.418. The molecular weight excluding hydrogens is 344 g/mol. The normalized spacial score (nSPS) is 26.5. The lowest BCUT2D eigenvalue weighted by molar-refractivity contribution is -0.133. The topological polar surface area (TPSA) is 73.2 Å². The zero-order chi connectivity index (χ0) is 19.1. The summed E-state index contributed by atoms with van der Waals surface area (Å²) in [6.07, 6.45) is 3.12. The summed E-state index contributed by atoms with van der Waals surface area (Å²) in [6.45, 7) is 6.10. The van der Waals surface area contributed by atoms with Crippen molar-refractivity contribution < 1.29 is 19.7 Å². The molecule has 2 unspecified atom stereocenters. The molecule has 0 aromatic heterocycles. The molecule has 6 heteroatoms. The Kier molecular flexibility index (Phi) is 4.80. The smallest absolute Gasteiger partial charge is 0.335 e. The summed E-state index contributed by atoms with van der Waals surface area (Å²) in [6, 6.07) is 7.54. The molecule has 4 rings (SSSR count). The van der Waals surface area contributed by atoms with Gasteiger partial charge in [0, 0.05) is 31.0 Å². The van der Waals surface area contributed by atoms with Gasteiger partial charge in [-0.3, -0.25) is 5.01 Å². The highest BCUT2D eigenvalue weighted by atomic mass is 16.5. The number of carboxylic acids is 1. The third-order valence-electron chi connectivity index (χ3n) is 5.95. The third-order valence-corrected chi connectivity index (χ3v) is 5.95. The number of fused-ring (bicyclic) bond motifs is 1. The number of benzene rings is 1. The van der Waals surface area contributed by atoms with E-state index < -0.39 is 12.1 Å². The zero-order valence-corrected chi connectivity index (χ0v) is 15.8. The predicted molar refractivity (Wildman–Crippen MR) is 101 cm³/mol. The Bertz CT molecular complexity index is 810. The van der Waals surface area contributed by atoms with Crippen molar-refractivity contribution >= 4 is 11.7 Å². The number of aliphatic hydroxyl groups is 1. The molecule has 1 saturated heterocycles. The van der Waals surface area contributed by atoms with E-state index in [1.807, 2.05) is 49.2 Å². The van der Waals surface area contributed by atoms with E-state index in [9.17, 15) is 15.0 Å². The van der Waals surface area contributed by atoms with E-state index in [0.29, 0.717) is 11.5 Å². The lowest BCUT2D eigenvalue weighted by Gasteiger charge is -2.38. The molecular formula is C21H26N2O4. The number of carboxylic acid groups (broad SMARTS) is 1. The van der Waals surface area contributed by atoms with E-state index in [2.05, 4.69) is 5.01 Å². The molecule has 1 aromatic rings. The standard InChI is InChI=1S/C21H26N2O4/c1-13-20(21(25)26)14(2)23(22(13)12-15-7-9-27-10-8-15)18-11-19(24)17-6-4-3-5-16(17)18/h3-6,11,13,15,19,24H,7-10,12H2,1-2H3,(H,25,26). The van der Waals surface area contributed by atoms with Gasteiger partial charge in [-0.25, -0.2) is 9.80 Å². The molecule has 0 saturated carbocycles. The number of rotatable bonds is 4. The predicted octanol–water partition coefficient (Wildman–Crippen LogP) is 2.78. The molecule has 6 nitrogen and oxygen atoms in total. The molecule has 1 aromatic carbocycles. The molecule has 0 spiro atoms. The van der Waals surface area contributed by atoms with E-state index in [1.54, 1.807) is 0 Å². The van der Waals surface area contributed by atoms with Crippen molar-refractivity contribution in [1.82, 2.24) is 10.0 Å². The third kappa shape index (κ3) is 3.08. The van der Waals surface area contributed by atoms with E-state index in [0.717, 1.165) is 55.1 Å². The van der Waals surface area contributed by atoms with Crippen molar-refractivity contribution in [2.45, 2.75) is 38.8 Å². The molecule has 2 N–H and O–H groups in total. The maximum atomic E-state index is 11.9. The van der Waals surface area contributed by atoms with Crippen LogP contribution >= 0.6 is 0 Å². The molecule has 2 aliphatic heterocycles. The van der Waals surface area contributed by atoms with Crippen LogP contribution in [0.15, 0.2) is 41.6 Å².